The zero-order chi connectivity index (χ0) is 14.2. The molecule has 0 aliphatic rings. The molecule has 5 nitrogen and oxygen atoms in total. The number of ether oxygens (including phenoxy) is 1. The zero-order valence-corrected chi connectivity index (χ0v) is 12.0. The number of nitrogens with two attached hydrogens (primary N) is 1. The summed E-state index contributed by atoms with van der Waals surface area (Å²) in [6.07, 6.45) is 5.03. The molecule has 0 bridgehead atoms. The first-order valence-corrected chi connectivity index (χ1v) is 7.17. The molecule has 0 unspecified atom stereocenters. The van der Waals surface area contributed by atoms with Gasteiger partial charge in [-0.05, 0) is 50.1 Å². The first kappa shape index (κ1) is 14.5. The Bertz CT molecular complexity index is 507. The predicted octanol–water partition coefficient (Wildman–Crippen LogP) is 2.47. The van der Waals surface area contributed by atoms with Crippen LogP contribution in [0.5, 0.6) is 5.75 Å². The fraction of sp³-hybridized carbons (Fsp3) is 0.467. The molecule has 108 valence electrons. The highest BCUT2D eigenvalue weighted by Gasteiger charge is 2.04. The van der Waals surface area contributed by atoms with Crippen molar-refractivity contribution in [3.05, 3.63) is 30.5 Å². The van der Waals surface area contributed by atoms with E-state index in [-0.39, 0.29) is 0 Å². The monoisotopic (exact) mass is 274 g/mol. The summed E-state index contributed by atoms with van der Waals surface area (Å²) in [6.45, 7) is 4.43. The quantitative estimate of drug-likeness (QED) is 0.751. The van der Waals surface area contributed by atoms with Gasteiger partial charge in [0.2, 0.25) is 0 Å². The van der Waals surface area contributed by atoms with Crippen LogP contribution in [0.4, 0.5) is 0 Å². The van der Waals surface area contributed by atoms with Crippen molar-refractivity contribution in [2.45, 2.75) is 32.7 Å². The van der Waals surface area contributed by atoms with E-state index in [4.69, 9.17) is 10.5 Å². The van der Waals surface area contributed by atoms with Gasteiger partial charge in [-0.25, -0.2) is 0 Å². The normalized spacial score (nSPS) is 10.7. The van der Waals surface area contributed by atoms with Gasteiger partial charge in [-0.3, -0.25) is 4.68 Å². The zero-order valence-electron chi connectivity index (χ0n) is 12.0. The number of benzene rings is 1. The molecular weight excluding hydrogens is 252 g/mol. The van der Waals surface area contributed by atoms with E-state index in [1.165, 1.54) is 0 Å². The largest absolute Gasteiger partial charge is 0.494 e. The molecule has 5 heteroatoms. The summed E-state index contributed by atoms with van der Waals surface area (Å²) in [6, 6.07) is 7.97. The Labute approximate surface area is 119 Å². The lowest BCUT2D eigenvalue weighted by molar-refractivity contribution is 0.317. The van der Waals surface area contributed by atoms with Gasteiger partial charge in [-0.1, -0.05) is 12.1 Å². The minimum absolute atomic E-state index is 0.723. The van der Waals surface area contributed by atoms with Crippen LogP contribution >= 0.6 is 0 Å². The summed E-state index contributed by atoms with van der Waals surface area (Å²) >= 11 is 0. The van der Waals surface area contributed by atoms with E-state index in [2.05, 4.69) is 17.2 Å². The molecule has 0 spiro atoms. The molecule has 0 atom stereocenters. The van der Waals surface area contributed by atoms with Gasteiger partial charge in [0.05, 0.1) is 12.8 Å². The van der Waals surface area contributed by atoms with Gasteiger partial charge in [-0.2, -0.15) is 0 Å². The van der Waals surface area contributed by atoms with Crippen molar-refractivity contribution in [3.63, 3.8) is 0 Å². The number of nitrogens with zero attached hydrogens (tertiary/aromatic N) is 3. The lowest BCUT2D eigenvalue weighted by Crippen LogP contribution is -2.03. The Hall–Kier alpha value is -1.88. The molecule has 1 heterocycles. The van der Waals surface area contributed by atoms with E-state index < -0.39 is 0 Å². The summed E-state index contributed by atoms with van der Waals surface area (Å²) < 4.78 is 7.43. The van der Waals surface area contributed by atoms with Gasteiger partial charge in [-0.15, -0.1) is 5.10 Å². The van der Waals surface area contributed by atoms with Crippen LogP contribution in [-0.4, -0.2) is 28.1 Å². The average Bonchev–Trinajstić information content (AvgIpc) is 2.95. The maximum absolute atomic E-state index is 5.56. The average molecular weight is 274 g/mol. The second-order valence-electron chi connectivity index (χ2n) is 4.74. The minimum atomic E-state index is 0.723. The molecule has 2 rings (SSSR count). The molecule has 0 amide bonds. The summed E-state index contributed by atoms with van der Waals surface area (Å²) in [5.41, 5.74) is 7.42. The van der Waals surface area contributed by atoms with Crippen molar-refractivity contribution in [3.8, 4) is 17.0 Å². The topological polar surface area (TPSA) is 66.0 Å². The number of rotatable bonds is 8. The molecule has 1 aromatic heterocycles. The van der Waals surface area contributed by atoms with Gasteiger partial charge < -0.3 is 10.5 Å². The first-order valence-electron chi connectivity index (χ1n) is 7.17. The smallest absolute Gasteiger partial charge is 0.119 e. The van der Waals surface area contributed by atoms with Crippen LogP contribution in [0.2, 0.25) is 0 Å². The Morgan fingerprint density at radius 2 is 2.00 bits per heavy atom. The second-order valence-corrected chi connectivity index (χ2v) is 4.74. The number of aryl methyl sites for hydroxylation is 1. The van der Waals surface area contributed by atoms with E-state index in [1.807, 2.05) is 35.1 Å². The number of unbranched alkanes of at least 4 members (excludes halogenated alkanes) is 1. The van der Waals surface area contributed by atoms with Crippen LogP contribution in [0, 0.1) is 0 Å². The Morgan fingerprint density at radius 3 is 2.70 bits per heavy atom. The van der Waals surface area contributed by atoms with Crippen LogP contribution in [0.15, 0.2) is 30.5 Å². The highest BCUT2D eigenvalue weighted by molar-refractivity contribution is 5.58. The summed E-state index contributed by atoms with van der Waals surface area (Å²) in [7, 11) is 0. The molecule has 20 heavy (non-hydrogen) atoms. The second kappa shape index (κ2) is 7.65. The van der Waals surface area contributed by atoms with E-state index in [9.17, 15) is 0 Å². The highest BCUT2D eigenvalue weighted by atomic mass is 16.5. The molecule has 0 saturated carbocycles. The highest BCUT2D eigenvalue weighted by Crippen LogP contribution is 2.20. The predicted molar refractivity (Wildman–Crippen MR) is 79.5 cm³/mol. The SMILES string of the molecule is CCCOc1ccc(-c2cn(CCCCN)nn2)cc1. The van der Waals surface area contributed by atoms with Gasteiger partial charge in [0.25, 0.3) is 0 Å². The molecule has 0 aliphatic carbocycles. The van der Waals surface area contributed by atoms with Gasteiger partial charge in [0, 0.05) is 12.1 Å². The Morgan fingerprint density at radius 1 is 1.20 bits per heavy atom. The third-order valence-electron chi connectivity index (χ3n) is 3.00. The van der Waals surface area contributed by atoms with Gasteiger partial charge in [0.15, 0.2) is 0 Å². The first-order chi connectivity index (χ1) is 9.83. The number of hydrogen-bond donors (Lipinski definition) is 1. The lowest BCUT2D eigenvalue weighted by atomic mass is 10.1. The summed E-state index contributed by atoms with van der Waals surface area (Å²) in [5.74, 6) is 0.894. The van der Waals surface area contributed by atoms with Crippen molar-refractivity contribution >= 4 is 0 Å². The maximum atomic E-state index is 5.56. The number of aromatic nitrogens is 3. The van der Waals surface area contributed by atoms with Crippen molar-refractivity contribution in [2.75, 3.05) is 13.2 Å². The van der Waals surface area contributed by atoms with Gasteiger partial charge in [0.1, 0.15) is 11.4 Å². The van der Waals surface area contributed by atoms with Crippen molar-refractivity contribution in [1.82, 2.24) is 15.0 Å². The van der Waals surface area contributed by atoms with E-state index in [0.717, 1.165) is 56.0 Å². The molecule has 2 N–H and O–H groups in total. The van der Waals surface area contributed by atoms with Crippen LogP contribution in [-0.2, 0) is 6.54 Å². The third kappa shape index (κ3) is 4.06. The number of hydrogen-bond acceptors (Lipinski definition) is 4. The molecule has 0 saturated heterocycles. The van der Waals surface area contributed by atoms with E-state index in [0.29, 0.717) is 0 Å². The third-order valence-corrected chi connectivity index (χ3v) is 3.00. The van der Waals surface area contributed by atoms with E-state index in [1.54, 1.807) is 0 Å². The molecule has 1 aromatic carbocycles. The maximum Gasteiger partial charge on any atom is 0.119 e. The van der Waals surface area contributed by atoms with Crippen molar-refractivity contribution in [2.24, 2.45) is 5.73 Å². The minimum Gasteiger partial charge on any atom is -0.494 e. The van der Waals surface area contributed by atoms with Gasteiger partial charge >= 0.3 is 0 Å². The van der Waals surface area contributed by atoms with Crippen LogP contribution in [0.1, 0.15) is 26.2 Å². The van der Waals surface area contributed by atoms with Crippen LogP contribution < -0.4 is 10.5 Å². The summed E-state index contributed by atoms with van der Waals surface area (Å²) in [4.78, 5) is 0. The Kier molecular flexibility index (Phi) is 5.55. The standard InChI is InChI=1S/C15H22N4O/c1-2-11-20-14-7-5-13(6-8-14)15-12-19(18-17-15)10-4-3-9-16/h5-8,12H,2-4,9-11,16H2,1H3. The van der Waals surface area contributed by atoms with E-state index >= 15 is 0 Å². The molecule has 0 fully saturated rings. The van der Waals surface area contributed by atoms with Crippen molar-refractivity contribution < 1.29 is 4.74 Å². The summed E-state index contributed by atoms with van der Waals surface area (Å²) in [5, 5.41) is 8.33. The fourth-order valence-corrected chi connectivity index (χ4v) is 1.90. The van der Waals surface area contributed by atoms with Crippen molar-refractivity contribution in [1.29, 1.82) is 0 Å². The molecular formula is C15H22N4O. The van der Waals surface area contributed by atoms with Crippen LogP contribution in [0.25, 0.3) is 11.3 Å². The Balaban J connectivity index is 1.97. The molecule has 0 radical (unpaired) electrons. The fourth-order valence-electron chi connectivity index (χ4n) is 1.90. The molecule has 2 aromatic rings. The lowest BCUT2D eigenvalue weighted by Gasteiger charge is -2.04. The van der Waals surface area contributed by atoms with Crippen LogP contribution in [0.3, 0.4) is 0 Å². The molecule has 0 aliphatic heterocycles.